The van der Waals surface area contributed by atoms with Crippen LogP contribution in [-0.2, 0) is 4.74 Å². The van der Waals surface area contributed by atoms with Crippen molar-refractivity contribution in [2.45, 2.75) is 70.2 Å². The topological polar surface area (TPSA) is 84.6 Å². The minimum absolute atomic E-state index is 0.309. The van der Waals surface area contributed by atoms with E-state index in [2.05, 4.69) is 5.32 Å². The number of alkyl carbamates (subject to hydrolysis) is 1. The lowest BCUT2D eigenvalue weighted by molar-refractivity contribution is -0.0314. The minimum atomic E-state index is -1.07. The van der Waals surface area contributed by atoms with Gasteiger partial charge in [-0.05, 0) is 47.0 Å². The Morgan fingerprint density at radius 2 is 2.06 bits per heavy atom. The van der Waals surface area contributed by atoms with Crippen LogP contribution >= 0.6 is 0 Å². The van der Waals surface area contributed by atoms with Gasteiger partial charge in [0.05, 0.1) is 11.6 Å². The van der Waals surface area contributed by atoms with Crippen molar-refractivity contribution in [3.8, 4) is 0 Å². The van der Waals surface area contributed by atoms with Gasteiger partial charge in [0.1, 0.15) is 5.60 Å². The predicted octanol–water partition coefficient (Wildman–Crippen LogP) is 1.14. The first-order valence-corrected chi connectivity index (χ1v) is 6.10. The van der Waals surface area contributed by atoms with E-state index in [-0.39, 0.29) is 12.1 Å². The molecular weight excluding hydrogens is 220 g/mol. The SMILES string of the molecule is CC(C)(C)OC(=O)N[C@@H]1CCC[C@H](N)C1(C)O. The van der Waals surface area contributed by atoms with E-state index in [1.54, 1.807) is 27.7 Å². The molecule has 0 aromatic carbocycles. The Balaban J connectivity index is 2.58. The van der Waals surface area contributed by atoms with Crippen molar-refractivity contribution in [2.24, 2.45) is 5.73 Å². The Labute approximate surface area is 103 Å². The number of rotatable bonds is 1. The van der Waals surface area contributed by atoms with Crippen LogP contribution < -0.4 is 11.1 Å². The Kier molecular flexibility index (Phi) is 4.04. The summed E-state index contributed by atoms with van der Waals surface area (Å²) in [5.41, 5.74) is 4.25. The summed E-state index contributed by atoms with van der Waals surface area (Å²) in [4.78, 5) is 11.6. The van der Waals surface area contributed by atoms with Gasteiger partial charge >= 0.3 is 6.09 Å². The van der Waals surface area contributed by atoms with Gasteiger partial charge in [0.25, 0.3) is 0 Å². The lowest BCUT2D eigenvalue weighted by Gasteiger charge is -2.42. The maximum absolute atomic E-state index is 11.6. The number of nitrogens with one attached hydrogen (secondary N) is 1. The fourth-order valence-corrected chi connectivity index (χ4v) is 2.05. The van der Waals surface area contributed by atoms with Crippen molar-refractivity contribution in [1.29, 1.82) is 0 Å². The molecule has 1 rings (SSSR count). The summed E-state index contributed by atoms with van der Waals surface area (Å²) in [6, 6.07) is -0.655. The molecule has 3 atom stereocenters. The first-order valence-electron chi connectivity index (χ1n) is 6.10. The lowest BCUT2D eigenvalue weighted by atomic mass is 9.78. The highest BCUT2D eigenvalue weighted by atomic mass is 16.6. The van der Waals surface area contributed by atoms with E-state index in [1.165, 1.54) is 0 Å². The zero-order valence-corrected chi connectivity index (χ0v) is 11.1. The quantitative estimate of drug-likeness (QED) is 0.646. The van der Waals surface area contributed by atoms with Gasteiger partial charge in [-0.2, -0.15) is 0 Å². The molecule has 0 aliphatic heterocycles. The maximum Gasteiger partial charge on any atom is 0.407 e. The van der Waals surface area contributed by atoms with Gasteiger partial charge in [0, 0.05) is 6.04 Å². The molecule has 1 aliphatic rings. The summed E-state index contributed by atoms with van der Waals surface area (Å²) < 4.78 is 5.17. The van der Waals surface area contributed by atoms with Crippen LogP contribution in [0.3, 0.4) is 0 Å². The van der Waals surface area contributed by atoms with E-state index >= 15 is 0 Å². The Hall–Kier alpha value is -0.810. The summed E-state index contributed by atoms with van der Waals surface area (Å²) in [7, 11) is 0. The largest absolute Gasteiger partial charge is 0.444 e. The Bertz CT molecular complexity index is 284. The number of carbonyl (C=O) groups is 1. The third-order valence-electron chi connectivity index (χ3n) is 3.16. The van der Waals surface area contributed by atoms with Crippen molar-refractivity contribution < 1.29 is 14.6 Å². The fraction of sp³-hybridized carbons (Fsp3) is 0.917. The molecule has 1 amide bonds. The van der Waals surface area contributed by atoms with Gasteiger partial charge < -0.3 is 20.9 Å². The molecule has 0 radical (unpaired) electrons. The fourth-order valence-electron chi connectivity index (χ4n) is 2.05. The van der Waals surface area contributed by atoms with Gasteiger partial charge in [0.2, 0.25) is 0 Å². The van der Waals surface area contributed by atoms with Crippen LogP contribution in [0.4, 0.5) is 4.79 Å². The van der Waals surface area contributed by atoms with Gasteiger partial charge in [-0.25, -0.2) is 4.79 Å². The molecule has 1 fully saturated rings. The molecule has 1 saturated carbocycles. The average Bonchev–Trinajstić information content (AvgIpc) is 2.10. The van der Waals surface area contributed by atoms with E-state index in [4.69, 9.17) is 10.5 Å². The number of hydrogen-bond acceptors (Lipinski definition) is 4. The third-order valence-corrected chi connectivity index (χ3v) is 3.16. The van der Waals surface area contributed by atoms with Crippen molar-refractivity contribution in [3.63, 3.8) is 0 Å². The van der Waals surface area contributed by atoms with Gasteiger partial charge in [0.15, 0.2) is 0 Å². The molecule has 0 spiro atoms. The smallest absolute Gasteiger partial charge is 0.407 e. The van der Waals surface area contributed by atoms with E-state index in [1.807, 2.05) is 0 Å². The molecule has 0 aromatic heterocycles. The molecule has 17 heavy (non-hydrogen) atoms. The average molecular weight is 244 g/mol. The normalized spacial score (nSPS) is 34.2. The molecule has 5 nitrogen and oxygen atoms in total. The second-order valence-corrected chi connectivity index (χ2v) is 5.96. The van der Waals surface area contributed by atoms with E-state index < -0.39 is 17.3 Å². The first-order chi connectivity index (χ1) is 7.63. The number of hydrogen-bond donors (Lipinski definition) is 3. The maximum atomic E-state index is 11.6. The molecule has 1 unspecified atom stereocenters. The molecular formula is C12H24N2O3. The Morgan fingerprint density at radius 3 is 2.59 bits per heavy atom. The number of carbonyl (C=O) groups excluding carboxylic acids is 1. The van der Waals surface area contributed by atoms with Crippen LogP contribution in [0.5, 0.6) is 0 Å². The molecule has 0 aromatic rings. The summed E-state index contributed by atoms with van der Waals surface area (Å²) in [5, 5.41) is 13.0. The summed E-state index contributed by atoms with van der Waals surface area (Å²) in [5.74, 6) is 0. The number of ether oxygens (including phenoxy) is 1. The van der Waals surface area contributed by atoms with Gasteiger partial charge in [-0.15, -0.1) is 0 Å². The highest BCUT2D eigenvalue weighted by Crippen LogP contribution is 2.27. The highest BCUT2D eigenvalue weighted by Gasteiger charge is 2.41. The standard InChI is InChI=1S/C12H24N2O3/c1-11(2,3)17-10(15)14-9-7-5-6-8(13)12(9,4)16/h8-9,16H,5-7,13H2,1-4H3,(H,14,15)/t8-,9+,12?/m0/s1. The minimum Gasteiger partial charge on any atom is -0.444 e. The van der Waals surface area contributed by atoms with Gasteiger partial charge in [-0.3, -0.25) is 0 Å². The van der Waals surface area contributed by atoms with Crippen LogP contribution in [0.25, 0.3) is 0 Å². The van der Waals surface area contributed by atoms with E-state index in [0.717, 1.165) is 19.3 Å². The van der Waals surface area contributed by atoms with Crippen LogP contribution in [0, 0.1) is 0 Å². The monoisotopic (exact) mass is 244 g/mol. The van der Waals surface area contributed by atoms with Crippen LogP contribution in [-0.4, -0.2) is 34.5 Å². The second kappa shape index (κ2) is 4.82. The highest BCUT2D eigenvalue weighted by molar-refractivity contribution is 5.68. The molecule has 1 aliphatic carbocycles. The second-order valence-electron chi connectivity index (χ2n) is 5.96. The molecule has 100 valence electrons. The van der Waals surface area contributed by atoms with Gasteiger partial charge in [-0.1, -0.05) is 0 Å². The third kappa shape index (κ3) is 3.85. The zero-order chi connectivity index (χ0) is 13.3. The summed E-state index contributed by atoms with van der Waals surface area (Å²) in [6.45, 7) is 7.07. The molecule has 4 N–H and O–H groups in total. The molecule has 0 saturated heterocycles. The van der Waals surface area contributed by atoms with Crippen LogP contribution in [0.2, 0.25) is 0 Å². The van der Waals surface area contributed by atoms with Crippen molar-refractivity contribution >= 4 is 6.09 Å². The Morgan fingerprint density at radius 1 is 1.47 bits per heavy atom. The molecule has 0 heterocycles. The van der Waals surface area contributed by atoms with Crippen molar-refractivity contribution in [2.75, 3.05) is 0 Å². The predicted molar refractivity (Wildman–Crippen MR) is 65.6 cm³/mol. The summed E-state index contributed by atoms with van der Waals surface area (Å²) >= 11 is 0. The number of amides is 1. The summed E-state index contributed by atoms with van der Waals surface area (Å²) in [6.07, 6.45) is 1.90. The zero-order valence-electron chi connectivity index (χ0n) is 11.1. The van der Waals surface area contributed by atoms with Crippen molar-refractivity contribution in [3.05, 3.63) is 0 Å². The molecule has 0 bridgehead atoms. The van der Waals surface area contributed by atoms with E-state index in [0.29, 0.717) is 0 Å². The van der Waals surface area contributed by atoms with Crippen LogP contribution in [0.1, 0.15) is 47.0 Å². The lowest BCUT2D eigenvalue weighted by Crippen LogP contribution is -2.62. The number of nitrogens with two attached hydrogens (primary N) is 1. The number of aliphatic hydroxyl groups is 1. The van der Waals surface area contributed by atoms with E-state index in [9.17, 15) is 9.90 Å². The molecule has 5 heteroatoms. The van der Waals surface area contributed by atoms with Crippen LogP contribution in [0.15, 0.2) is 0 Å². The first kappa shape index (κ1) is 14.3. The van der Waals surface area contributed by atoms with Crippen molar-refractivity contribution in [1.82, 2.24) is 5.32 Å².